The van der Waals surface area contributed by atoms with Gasteiger partial charge in [-0.2, -0.15) is 0 Å². The van der Waals surface area contributed by atoms with Gasteiger partial charge in [0.15, 0.2) is 0 Å². The minimum absolute atomic E-state index is 0.0978. The molecule has 0 bridgehead atoms. The number of anilines is 1. The molecule has 0 radical (unpaired) electrons. The third-order valence-electron chi connectivity index (χ3n) is 4.63. The zero-order valence-corrected chi connectivity index (χ0v) is 15.4. The van der Waals surface area contributed by atoms with Crippen LogP contribution in [0.1, 0.15) is 16.1 Å². The highest BCUT2D eigenvalue weighted by molar-refractivity contribution is 5.93. The molecule has 0 aliphatic carbocycles. The molecule has 2 amide bonds. The fourth-order valence-corrected chi connectivity index (χ4v) is 2.99. The minimum Gasteiger partial charge on any atom is -0.497 e. The summed E-state index contributed by atoms with van der Waals surface area (Å²) in [6.45, 7) is 2.95. The van der Waals surface area contributed by atoms with E-state index in [2.05, 4.69) is 10.3 Å². The summed E-state index contributed by atoms with van der Waals surface area (Å²) in [6.07, 6.45) is 3.33. The molecule has 27 heavy (non-hydrogen) atoms. The molecule has 3 rings (SSSR count). The lowest BCUT2D eigenvalue weighted by Gasteiger charge is -2.32. The largest absolute Gasteiger partial charge is 0.497 e. The summed E-state index contributed by atoms with van der Waals surface area (Å²) in [7, 11) is 1.65. The van der Waals surface area contributed by atoms with E-state index in [1.165, 1.54) is 5.56 Å². The topological polar surface area (TPSA) is 74.8 Å². The molecular formula is C20H24N4O3. The zero-order chi connectivity index (χ0) is 19.1. The Hall–Kier alpha value is -3.09. The number of benzene rings is 1. The number of carbonyl (C=O) groups excluding carboxylic acids is 2. The molecule has 7 nitrogen and oxygen atoms in total. The lowest BCUT2D eigenvalue weighted by Crippen LogP contribution is -2.48. The van der Waals surface area contributed by atoms with E-state index < -0.39 is 0 Å². The van der Waals surface area contributed by atoms with Crippen molar-refractivity contribution >= 4 is 18.0 Å². The number of piperazine rings is 1. The van der Waals surface area contributed by atoms with E-state index in [1.54, 1.807) is 29.2 Å². The Morgan fingerprint density at radius 2 is 1.93 bits per heavy atom. The van der Waals surface area contributed by atoms with Crippen molar-refractivity contribution in [1.82, 2.24) is 14.8 Å². The predicted octanol–water partition coefficient (Wildman–Crippen LogP) is 1.66. The monoisotopic (exact) mass is 368 g/mol. The number of nitrogens with one attached hydrogen (secondary N) is 1. The van der Waals surface area contributed by atoms with E-state index in [0.717, 1.165) is 30.8 Å². The molecule has 142 valence electrons. The summed E-state index contributed by atoms with van der Waals surface area (Å²) < 4.78 is 5.16. The van der Waals surface area contributed by atoms with Gasteiger partial charge >= 0.3 is 0 Å². The summed E-state index contributed by atoms with van der Waals surface area (Å²) in [6, 6.07) is 11.6. The second kappa shape index (κ2) is 9.02. The number of hydrogen-bond donors (Lipinski definition) is 1. The molecule has 1 aliphatic heterocycles. The first-order valence-corrected chi connectivity index (χ1v) is 9.01. The van der Waals surface area contributed by atoms with E-state index >= 15 is 0 Å². The van der Waals surface area contributed by atoms with Gasteiger partial charge in [-0.25, -0.2) is 0 Å². The molecule has 1 aromatic carbocycles. The molecule has 0 atom stereocenters. The molecule has 0 spiro atoms. The van der Waals surface area contributed by atoms with Crippen LogP contribution in [0.15, 0.2) is 42.6 Å². The first kappa shape index (κ1) is 18.7. The number of carbonyl (C=O) groups is 2. The van der Waals surface area contributed by atoms with Crippen LogP contribution in [0.5, 0.6) is 5.75 Å². The Balaban J connectivity index is 1.53. The van der Waals surface area contributed by atoms with Crippen molar-refractivity contribution in [1.29, 1.82) is 0 Å². The van der Waals surface area contributed by atoms with Gasteiger partial charge in [0.05, 0.1) is 7.11 Å². The van der Waals surface area contributed by atoms with Crippen LogP contribution in [0, 0.1) is 0 Å². The quantitative estimate of drug-likeness (QED) is 0.753. The Bertz CT molecular complexity index is 771. The van der Waals surface area contributed by atoms with Crippen LogP contribution in [0.4, 0.5) is 5.69 Å². The number of pyridine rings is 1. The summed E-state index contributed by atoms with van der Waals surface area (Å²) in [5, 5.41) is 3.34. The van der Waals surface area contributed by atoms with Gasteiger partial charge in [-0.05, 0) is 36.2 Å². The molecule has 2 heterocycles. The highest BCUT2D eigenvalue weighted by Gasteiger charge is 2.22. The standard InChI is InChI=1S/C20H24N4O3/c1-27-18-4-2-16(3-5-18)6-8-21-17-7-9-22-19(14-17)20(26)24-12-10-23(15-25)11-13-24/h2-5,7,9,14-15H,6,8,10-13H2,1H3,(H,21,22). The van der Waals surface area contributed by atoms with Crippen molar-refractivity contribution in [3.8, 4) is 5.75 Å². The molecule has 1 saturated heterocycles. The SMILES string of the molecule is COc1ccc(CCNc2ccnc(C(=O)N3CCN(C=O)CC3)c2)cc1. The van der Waals surface area contributed by atoms with Crippen LogP contribution in [-0.2, 0) is 11.2 Å². The highest BCUT2D eigenvalue weighted by Crippen LogP contribution is 2.14. The van der Waals surface area contributed by atoms with Crippen LogP contribution in [0.3, 0.4) is 0 Å². The maximum atomic E-state index is 12.6. The van der Waals surface area contributed by atoms with Gasteiger partial charge in [0, 0.05) is 44.6 Å². The lowest BCUT2D eigenvalue weighted by molar-refractivity contribution is -0.119. The van der Waals surface area contributed by atoms with E-state index in [1.807, 2.05) is 30.3 Å². The zero-order valence-electron chi connectivity index (χ0n) is 15.4. The third-order valence-corrected chi connectivity index (χ3v) is 4.63. The smallest absolute Gasteiger partial charge is 0.272 e. The molecule has 0 saturated carbocycles. The second-order valence-electron chi connectivity index (χ2n) is 6.39. The number of nitrogens with zero attached hydrogens (tertiary/aromatic N) is 3. The maximum absolute atomic E-state index is 12.6. The lowest BCUT2D eigenvalue weighted by atomic mass is 10.1. The average molecular weight is 368 g/mol. The highest BCUT2D eigenvalue weighted by atomic mass is 16.5. The van der Waals surface area contributed by atoms with Crippen LogP contribution in [-0.4, -0.2) is 66.9 Å². The van der Waals surface area contributed by atoms with Gasteiger partial charge in [-0.15, -0.1) is 0 Å². The Morgan fingerprint density at radius 1 is 1.19 bits per heavy atom. The van der Waals surface area contributed by atoms with Crippen molar-refractivity contribution in [2.24, 2.45) is 0 Å². The molecule has 7 heteroatoms. The number of aromatic nitrogens is 1. The fraction of sp³-hybridized carbons (Fsp3) is 0.350. The van der Waals surface area contributed by atoms with Gasteiger partial charge in [0.1, 0.15) is 11.4 Å². The predicted molar refractivity (Wildman–Crippen MR) is 103 cm³/mol. The van der Waals surface area contributed by atoms with E-state index in [-0.39, 0.29) is 5.91 Å². The van der Waals surface area contributed by atoms with Crippen LogP contribution in [0.2, 0.25) is 0 Å². The first-order chi connectivity index (χ1) is 13.2. The van der Waals surface area contributed by atoms with E-state index in [4.69, 9.17) is 4.74 Å². The third kappa shape index (κ3) is 4.97. The number of methoxy groups -OCH3 is 1. The molecule has 0 unspecified atom stereocenters. The first-order valence-electron chi connectivity index (χ1n) is 9.01. The number of amides is 2. The number of hydrogen-bond acceptors (Lipinski definition) is 5. The van der Waals surface area contributed by atoms with Gasteiger partial charge in [-0.1, -0.05) is 12.1 Å². The molecule has 1 aromatic heterocycles. The molecule has 1 N–H and O–H groups in total. The van der Waals surface area contributed by atoms with Crippen molar-refractivity contribution in [2.45, 2.75) is 6.42 Å². The van der Waals surface area contributed by atoms with Gasteiger partial charge in [-0.3, -0.25) is 14.6 Å². The van der Waals surface area contributed by atoms with Crippen molar-refractivity contribution in [2.75, 3.05) is 45.2 Å². The fourth-order valence-electron chi connectivity index (χ4n) is 2.99. The molecule has 1 fully saturated rings. The minimum atomic E-state index is -0.0978. The van der Waals surface area contributed by atoms with Crippen LogP contribution < -0.4 is 10.1 Å². The van der Waals surface area contributed by atoms with Gasteiger partial charge in [0.25, 0.3) is 5.91 Å². The summed E-state index contributed by atoms with van der Waals surface area (Å²) in [5.41, 5.74) is 2.50. The van der Waals surface area contributed by atoms with Crippen LogP contribution >= 0.6 is 0 Å². The number of ether oxygens (including phenoxy) is 1. The Kier molecular flexibility index (Phi) is 6.25. The van der Waals surface area contributed by atoms with Crippen LogP contribution in [0.25, 0.3) is 0 Å². The van der Waals surface area contributed by atoms with E-state index in [9.17, 15) is 9.59 Å². The van der Waals surface area contributed by atoms with Crippen molar-refractivity contribution in [3.63, 3.8) is 0 Å². The summed E-state index contributed by atoms with van der Waals surface area (Å²) in [5.74, 6) is 0.748. The Labute approximate surface area is 158 Å². The van der Waals surface area contributed by atoms with Gasteiger partial charge < -0.3 is 19.9 Å². The number of rotatable bonds is 7. The molecule has 2 aromatic rings. The maximum Gasteiger partial charge on any atom is 0.272 e. The molecule has 1 aliphatic rings. The summed E-state index contributed by atoms with van der Waals surface area (Å²) in [4.78, 5) is 31.0. The van der Waals surface area contributed by atoms with E-state index in [0.29, 0.717) is 31.9 Å². The Morgan fingerprint density at radius 3 is 2.59 bits per heavy atom. The average Bonchev–Trinajstić information content (AvgIpc) is 2.74. The second-order valence-corrected chi connectivity index (χ2v) is 6.39. The summed E-state index contributed by atoms with van der Waals surface area (Å²) >= 11 is 0. The van der Waals surface area contributed by atoms with Crippen molar-refractivity contribution < 1.29 is 14.3 Å². The molecular weight excluding hydrogens is 344 g/mol. The normalized spacial score (nSPS) is 14.0. The van der Waals surface area contributed by atoms with Crippen molar-refractivity contribution in [3.05, 3.63) is 53.9 Å². The van der Waals surface area contributed by atoms with Gasteiger partial charge in [0.2, 0.25) is 6.41 Å².